The summed E-state index contributed by atoms with van der Waals surface area (Å²) < 4.78 is 5.53. The Bertz CT molecular complexity index is 812. The number of fused-ring (bicyclic) bond motifs is 1. The molecule has 0 bridgehead atoms. The first-order chi connectivity index (χ1) is 11.1. The summed E-state index contributed by atoms with van der Waals surface area (Å²) in [7, 11) is 1.92. The quantitative estimate of drug-likeness (QED) is 0.786. The molecule has 0 radical (unpaired) electrons. The molecule has 1 aromatic carbocycles. The molecule has 0 spiro atoms. The number of benzene rings is 1. The van der Waals surface area contributed by atoms with Gasteiger partial charge in [-0.3, -0.25) is 14.7 Å². The molecule has 23 heavy (non-hydrogen) atoms. The van der Waals surface area contributed by atoms with E-state index in [2.05, 4.69) is 10.3 Å². The third kappa shape index (κ3) is 3.96. The molecular weight excluding hydrogens is 290 g/mol. The number of nitrogens with zero attached hydrogens (tertiary/aromatic N) is 2. The van der Waals surface area contributed by atoms with Crippen LogP contribution in [0.15, 0.2) is 53.2 Å². The molecule has 0 aliphatic rings. The van der Waals surface area contributed by atoms with Crippen LogP contribution in [-0.4, -0.2) is 29.4 Å². The van der Waals surface area contributed by atoms with E-state index in [0.29, 0.717) is 13.1 Å². The SMILES string of the molecule is Cc1cc2cc(NC(=O)CN(C)Cc3ccncc3)ccc2o1. The van der Waals surface area contributed by atoms with Gasteiger partial charge in [-0.05, 0) is 55.9 Å². The fourth-order valence-electron chi connectivity index (χ4n) is 2.56. The number of likely N-dealkylation sites (N-methyl/N-ethyl adjacent to an activating group) is 1. The lowest BCUT2D eigenvalue weighted by molar-refractivity contribution is -0.117. The van der Waals surface area contributed by atoms with Crippen molar-refractivity contribution in [3.05, 3.63) is 60.1 Å². The van der Waals surface area contributed by atoms with Gasteiger partial charge < -0.3 is 9.73 Å². The lowest BCUT2D eigenvalue weighted by atomic mass is 10.2. The highest BCUT2D eigenvalue weighted by Gasteiger charge is 2.09. The van der Waals surface area contributed by atoms with Crippen molar-refractivity contribution in [2.45, 2.75) is 13.5 Å². The van der Waals surface area contributed by atoms with Crippen molar-refractivity contribution < 1.29 is 9.21 Å². The van der Waals surface area contributed by atoms with Crippen LogP contribution in [0.1, 0.15) is 11.3 Å². The molecule has 5 nitrogen and oxygen atoms in total. The molecule has 0 aliphatic carbocycles. The van der Waals surface area contributed by atoms with E-state index in [0.717, 1.165) is 28.0 Å². The summed E-state index contributed by atoms with van der Waals surface area (Å²) in [6, 6.07) is 11.5. The van der Waals surface area contributed by atoms with E-state index in [-0.39, 0.29) is 5.91 Å². The molecule has 0 unspecified atom stereocenters. The predicted octanol–water partition coefficient (Wildman–Crippen LogP) is 3.21. The van der Waals surface area contributed by atoms with Crippen LogP contribution in [0.4, 0.5) is 5.69 Å². The van der Waals surface area contributed by atoms with E-state index >= 15 is 0 Å². The van der Waals surface area contributed by atoms with Gasteiger partial charge >= 0.3 is 0 Å². The number of furan rings is 1. The van der Waals surface area contributed by atoms with Crippen molar-refractivity contribution >= 4 is 22.6 Å². The molecule has 3 rings (SSSR count). The van der Waals surface area contributed by atoms with Gasteiger partial charge in [0.25, 0.3) is 0 Å². The highest BCUT2D eigenvalue weighted by atomic mass is 16.3. The Morgan fingerprint density at radius 3 is 2.78 bits per heavy atom. The summed E-state index contributed by atoms with van der Waals surface area (Å²) in [5.41, 5.74) is 2.74. The lowest BCUT2D eigenvalue weighted by Gasteiger charge is -2.16. The van der Waals surface area contributed by atoms with Crippen LogP contribution in [0.3, 0.4) is 0 Å². The number of carbonyl (C=O) groups excluding carboxylic acids is 1. The van der Waals surface area contributed by atoms with Crippen LogP contribution in [0, 0.1) is 6.92 Å². The Hall–Kier alpha value is -2.66. The van der Waals surface area contributed by atoms with E-state index in [1.807, 2.05) is 55.3 Å². The van der Waals surface area contributed by atoms with Crippen LogP contribution in [0.2, 0.25) is 0 Å². The minimum Gasteiger partial charge on any atom is -0.461 e. The minimum atomic E-state index is -0.0406. The van der Waals surface area contributed by atoms with Gasteiger partial charge in [-0.15, -0.1) is 0 Å². The Morgan fingerprint density at radius 1 is 1.22 bits per heavy atom. The number of aryl methyl sites for hydroxylation is 1. The van der Waals surface area contributed by atoms with E-state index in [1.165, 1.54) is 0 Å². The fraction of sp³-hybridized carbons (Fsp3) is 0.222. The zero-order valence-electron chi connectivity index (χ0n) is 13.2. The molecule has 0 atom stereocenters. The highest BCUT2D eigenvalue weighted by molar-refractivity contribution is 5.94. The van der Waals surface area contributed by atoms with Crippen molar-refractivity contribution in [1.29, 1.82) is 0 Å². The zero-order valence-corrected chi connectivity index (χ0v) is 13.2. The van der Waals surface area contributed by atoms with Crippen LogP contribution in [0.5, 0.6) is 0 Å². The maximum Gasteiger partial charge on any atom is 0.238 e. The first-order valence-corrected chi connectivity index (χ1v) is 7.47. The summed E-state index contributed by atoms with van der Waals surface area (Å²) >= 11 is 0. The summed E-state index contributed by atoms with van der Waals surface area (Å²) in [5, 5.41) is 3.92. The number of anilines is 1. The molecule has 1 N–H and O–H groups in total. The number of pyridine rings is 1. The molecule has 0 fully saturated rings. The number of hydrogen-bond acceptors (Lipinski definition) is 4. The van der Waals surface area contributed by atoms with Gasteiger partial charge in [0, 0.05) is 30.0 Å². The van der Waals surface area contributed by atoms with Crippen molar-refractivity contribution in [1.82, 2.24) is 9.88 Å². The highest BCUT2D eigenvalue weighted by Crippen LogP contribution is 2.22. The summed E-state index contributed by atoms with van der Waals surface area (Å²) in [4.78, 5) is 18.1. The first-order valence-electron chi connectivity index (χ1n) is 7.47. The second-order valence-corrected chi connectivity index (χ2v) is 5.69. The number of nitrogens with one attached hydrogen (secondary N) is 1. The van der Waals surface area contributed by atoms with Gasteiger partial charge in [-0.25, -0.2) is 0 Å². The molecule has 5 heteroatoms. The Balaban J connectivity index is 1.59. The average Bonchev–Trinajstić information content (AvgIpc) is 2.87. The normalized spacial score (nSPS) is 11.1. The van der Waals surface area contributed by atoms with Gasteiger partial charge in [0.1, 0.15) is 11.3 Å². The fourth-order valence-corrected chi connectivity index (χ4v) is 2.56. The predicted molar refractivity (Wildman–Crippen MR) is 90.2 cm³/mol. The van der Waals surface area contributed by atoms with Crippen molar-refractivity contribution in [2.24, 2.45) is 0 Å². The number of amides is 1. The van der Waals surface area contributed by atoms with E-state index in [9.17, 15) is 4.79 Å². The molecule has 118 valence electrons. The second-order valence-electron chi connectivity index (χ2n) is 5.69. The number of carbonyl (C=O) groups is 1. The molecule has 2 aromatic heterocycles. The standard InChI is InChI=1S/C18H19N3O2/c1-13-9-15-10-16(3-4-17(15)23-13)20-18(22)12-21(2)11-14-5-7-19-8-6-14/h3-10H,11-12H2,1-2H3,(H,20,22). The third-order valence-corrected chi connectivity index (χ3v) is 3.54. The Morgan fingerprint density at radius 2 is 2.00 bits per heavy atom. The average molecular weight is 309 g/mol. The van der Waals surface area contributed by atoms with E-state index in [1.54, 1.807) is 12.4 Å². The van der Waals surface area contributed by atoms with Gasteiger partial charge in [-0.2, -0.15) is 0 Å². The monoisotopic (exact) mass is 309 g/mol. The molecule has 3 aromatic rings. The number of hydrogen-bond donors (Lipinski definition) is 1. The third-order valence-electron chi connectivity index (χ3n) is 3.54. The van der Waals surface area contributed by atoms with Crippen molar-refractivity contribution in [2.75, 3.05) is 18.9 Å². The van der Waals surface area contributed by atoms with Crippen LogP contribution >= 0.6 is 0 Å². The summed E-state index contributed by atoms with van der Waals surface area (Å²) in [6.07, 6.45) is 3.51. The number of aromatic nitrogens is 1. The smallest absolute Gasteiger partial charge is 0.238 e. The van der Waals surface area contributed by atoms with Gasteiger partial charge in [0.15, 0.2) is 0 Å². The van der Waals surface area contributed by atoms with Crippen molar-refractivity contribution in [3.63, 3.8) is 0 Å². The molecule has 0 aliphatic heterocycles. The zero-order chi connectivity index (χ0) is 16.2. The minimum absolute atomic E-state index is 0.0406. The maximum atomic E-state index is 12.2. The van der Waals surface area contributed by atoms with Crippen molar-refractivity contribution in [3.8, 4) is 0 Å². The largest absolute Gasteiger partial charge is 0.461 e. The van der Waals surface area contributed by atoms with Crippen LogP contribution < -0.4 is 5.32 Å². The molecule has 2 heterocycles. The van der Waals surface area contributed by atoms with Gasteiger partial charge in [-0.1, -0.05) is 0 Å². The summed E-state index contributed by atoms with van der Waals surface area (Å²) in [6.45, 7) is 2.94. The Kier molecular flexibility index (Phi) is 4.39. The second kappa shape index (κ2) is 6.62. The molecular formula is C18H19N3O2. The number of rotatable bonds is 5. The van der Waals surface area contributed by atoms with E-state index in [4.69, 9.17) is 4.42 Å². The Labute approximate surface area is 134 Å². The van der Waals surface area contributed by atoms with Crippen LogP contribution in [-0.2, 0) is 11.3 Å². The van der Waals surface area contributed by atoms with Gasteiger partial charge in [0.05, 0.1) is 6.54 Å². The topological polar surface area (TPSA) is 58.4 Å². The van der Waals surface area contributed by atoms with Gasteiger partial charge in [0.2, 0.25) is 5.91 Å². The lowest BCUT2D eigenvalue weighted by Crippen LogP contribution is -2.29. The summed E-state index contributed by atoms with van der Waals surface area (Å²) in [5.74, 6) is 0.821. The van der Waals surface area contributed by atoms with Crippen LogP contribution in [0.25, 0.3) is 11.0 Å². The van der Waals surface area contributed by atoms with E-state index < -0.39 is 0 Å². The molecule has 0 saturated heterocycles. The molecule has 1 amide bonds. The first kappa shape index (κ1) is 15.2. The molecule has 0 saturated carbocycles. The maximum absolute atomic E-state index is 12.2.